The minimum Gasteiger partial charge on any atom is -0.389 e. The van der Waals surface area contributed by atoms with E-state index in [0.717, 1.165) is 38.0 Å². The number of nitrogens with zero attached hydrogens (tertiary/aromatic N) is 3. The fourth-order valence-corrected chi connectivity index (χ4v) is 3.37. The van der Waals surface area contributed by atoms with Gasteiger partial charge in [0.1, 0.15) is 5.69 Å². The number of rotatable bonds is 3. The number of hydrogen-bond donors (Lipinski definition) is 2. The van der Waals surface area contributed by atoms with E-state index in [1.54, 1.807) is 6.20 Å². The van der Waals surface area contributed by atoms with Crippen molar-refractivity contribution in [1.29, 1.82) is 0 Å². The molecule has 1 saturated carbocycles. The molecule has 2 aliphatic rings. The van der Waals surface area contributed by atoms with Gasteiger partial charge in [-0.1, -0.05) is 0 Å². The summed E-state index contributed by atoms with van der Waals surface area (Å²) in [6, 6.07) is -0.158. The Balaban J connectivity index is 1.62. The van der Waals surface area contributed by atoms with E-state index in [2.05, 4.69) is 20.2 Å². The van der Waals surface area contributed by atoms with Crippen LogP contribution in [0.25, 0.3) is 0 Å². The van der Waals surface area contributed by atoms with Crippen molar-refractivity contribution in [2.24, 2.45) is 0 Å². The minimum absolute atomic E-state index is 0.0852. The molecule has 1 amide bonds. The molecule has 3 rings (SSSR count). The Labute approximate surface area is 136 Å². The van der Waals surface area contributed by atoms with Gasteiger partial charge in [0.25, 0.3) is 5.91 Å². The van der Waals surface area contributed by atoms with Crippen molar-refractivity contribution in [2.45, 2.75) is 44.4 Å². The zero-order valence-corrected chi connectivity index (χ0v) is 13.4. The number of nitrogens with one attached hydrogen (secondary N) is 1. The number of ether oxygens (including phenoxy) is 1. The van der Waals surface area contributed by atoms with Crippen LogP contribution in [0, 0.1) is 6.92 Å². The van der Waals surface area contributed by atoms with Crippen LogP contribution in [-0.2, 0) is 4.74 Å². The number of amides is 1. The Morgan fingerprint density at radius 3 is 2.78 bits per heavy atom. The molecule has 0 spiro atoms. The normalized spacial score (nSPS) is 29.2. The Hall–Kier alpha value is -1.57. The molecule has 7 nitrogen and oxygen atoms in total. The molecule has 1 aliphatic carbocycles. The minimum atomic E-state index is -0.566. The lowest BCUT2D eigenvalue weighted by Crippen LogP contribution is -2.58. The second-order valence-electron chi connectivity index (χ2n) is 6.26. The van der Waals surface area contributed by atoms with Gasteiger partial charge in [-0.25, -0.2) is 4.98 Å². The second-order valence-corrected chi connectivity index (χ2v) is 6.26. The smallest absolute Gasteiger partial charge is 0.271 e. The third-order valence-electron chi connectivity index (χ3n) is 4.67. The third-order valence-corrected chi connectivity index (χ3v) is 4.67. The van der Waals surface area contributed by atoms with Gasteiger partial charge in [-0.3, -0.25) is 14.7 Å². The van der Waals surface area contributed by atoms with E-state index >= 15 is 0 Å². The lowest BCUT2D eigenvalue weighted by molar-refractivity contribution is -0.0459. The monoisotopic (exact) mass is 320 g/mol. The van der Waals surface area contributed by atoms with Crippen LogP contribution >= 0.6 is 0 Å². The van der Waals surface area contributed by atoms with Gasteiger partial charge in [0.15, 0.2) is 0 Å². The number of aromatic nitrogens is 2. The summed E-state index contributed by atoms with van der Waals surface area (Å²) < 4.78 is 5.38. The summed E-state index contributed by atoms with van der Waals surface area (Å²) in [4.78, 5) is 22.8. The number of aliphatic hydroxyl groups is 1. The maximum atomic E-state index is 12.3. The molecule has 0 radical (unpaired) electrons. The first-order valence-electron chi connectivity index (χ1n) is 8.24. The SMILES string of the molecule is Cc1cnc(C(=O)N[C@@H]2CCC[C@@H](N3CCOCC3)[C@@H]2O)cn1. The molecule has 1 aromatic rings. The zero-order valence-electron chi connectivity index (χ0n) is 13.4. The quantitative estimate of drug-likeness (QED) is 0.823. The van der Waals surface area contributed by atoms with Crippen LogP contribution in [0.2, 0.25) is 0 Å². The summed E-state index contributed by atoms with van der Waals surface area (Å²) >= 11 is 0. The van der Waals surface area contributed by atoms with E-state index in [4.69, 9.17) is 4.74 Å². The van der Waals surface area contributed by atoms with E-state index in [9.17, 15) is 9.90 Å². The van der Waals surface area contributed by atoms with Gasteiger partial charge in [-0.2, -0.15) is 0 Å². The maximum absolute atomic E-state index is 12.3. The molecule has 0 aromatic carbocycles. The number of carbonyl (C=O) groups excluding carboxylic acids is 1. The zero-order chi connectivity index (χ0) is 16.2. The highest BCUT2D eigenvalue weighted by atomic mass is 16.5. The van der Waals surface area contributed by atoms with Crippen LogP contribution in [0.5, 0.6) is 0 Å². The molecule has 3 atom stereocenters. The fourth-order valence-electron chi connectivity index (χ4n) is 3.37. The van der Waals surface area contributed by atoms with Gasteiger partial charge in [0.2, 0.25) is 0 Å². The first-order valence-corrected chi connectivity index (χ1v) is 8.24. The van der Waals surface area contributed by atoms with Gasteiger partial charge >= 0.3 is 0 Å². The molecule has 2 N–H and O–H groups in total. The third kappa shape index (κ3) is 3.85. The number of hydrogen-bond acceptors (Lipinski definition) is 6. The van der Waals surface area contributed by atoms with Crippen molar-refractivity contribution in [3.8, 4) is 0 Å². The summed E-state index contributed by atoms with van der Waals surface area (Å²) in [6.07, 6.45) is 5.21. The first-order chi connectivity index (χ1) is 11.1. The molecule has 7 heteroatoms. The van der Waals surface area contributed by atoms with E-state index in [-0.39, 0.29) is 23.7 Å². The molecule has 1 aromatic heterocycles. The van der Waals surface area contributed by atoms with Gasteiger partial charge in [-0.15, -0.1) is 0 Å². The second kappa shape index (κ2) is 7.33. The Morgan fingerprint density at radius 1 is 1.30 bits per heavy atom. The molecule has 1 aliphatic heterocycles. The topological polar surface area (TPSA) is 87.6 Å². The van der Waals surface area contributed by atoms with Crippen molar-refractivity contribution < 1.29 is 14.6 Å². The number of aliphatic hydroxyl groups excluding tert-OH is 1. The van der Waals surface area contributed by atoms with Crippen LogP contribution < -0.4 is 5.32 Å². The standard InChI is InChI=1S/C16H24N4O3/c1-11-9-18-13(10-17-11)16(22)19-12-3-2-4-14(15(12)21)20-5-7-23-8-6-20/h9-10,12,14-15,21H,2-8H2,1H3,(H,19,22)/t12-,14-,15-/m1/s1. The summed E-state index contributed by atoms with van der Waals surface area (Å²) in [6.45, 7) is 4.92. The highest BCUT2D eigenvalue weighted by Gasteiger charge is 2.36. The number of carbonyl (C=O) groups is 1. The van der Waals surface area contributed by atoms with Crippen LogP contribution in [0.3, 0.4) is 0 Å². The molecular formula is C16H24N4O3. The lowest BCUT2D eigenvalue weighted by Gasteiger charge is -2.42. The van der Waals surface area contributed by atoms with E-state index in [1.165, 1.54) is 6.20 Å². The predicted octanol–water partition coefficient (Wildman–Crippen LogP) is 0.129. The Morgan fingerprint density at radius 2 is 2.09 bits per heavy atom. The summed E-state index contributed by atoms with van der Waals surface area (Å²) in [5.74, 6) is -0.274. The summed E-state index contributed by atoms with van der Waals surface area (Å²) in [7, 11) is 0. The molecule has 0 bridgehead atoms. The first kappa shape index (κ1) is 16.3. The molecule has 1 saturated heterocycles. The Bertz CT molecular complexity index is 531. The molecule has 0 unspecified atom stereocenters. The van der Waals surface area contributed by atoms with Crippen molar-refractivity contribution >= 4 is 5.91 Å². The fraction of sp³-hybridized carbons (Fsp3) is 0.688. The highest BCUT2D eigenvalue weighted by Crippen LogP contribution is 2.24. The predicted molar refractivity (Wildman–Crippen MR) is 84.1 cm³/mol. The highest BCUT2D eigenvalue weighted by molar-refractivity contribution is 5.92. The van der Waals surface area contributed by atoms with Gasteiger partial charge < -0.3 is 15.2 Å². The van der Waals surface area contributed by atoms with E-state index in [0.29, 0.717) is 13.2 Å². The van der Waals surface area contributed by atoms with E-state index < -0.39 is 6.10 Å². The van der Waals surface area contributed by atoms with Crippen LogP contribution in [-0.4, -0.2) is 70.4 Å². The molecule has 126 valence electrons. The lowest BCUT2D eigenvalue weighted by atomic mass is 9.86. The number of aryl methyl sites for hydroxylation is 1. The van der Waals surface area contributed by atoms with Crippen LogP contribution in [0.15, 0.2) is 12.4 Å². The van der Waals surface area contributed by atoms with Crippen LogP contribution in [0.1, 0.15) is 35.4 Å². The summed E-state index contributed by atoms with van der Waals surface area (Å²) in [5, 5.41) is 13.6. The number of morpholine rings is 1. The van der Waals surface area contributed by atoms with Crippen molar-refractivity contribution in [2.75, 3.05) is 26.3 Å². The maximum Gasteiger partial charge on any atom is 0.271 e. The average Bonchev–Trinajstić information content (AvgIpc) is 2.58. The largest absolute Gasteiger partial charge is 0.389 e. The van der Waals surface area contributed by atoms with Crippen molar-refractivity contribution in [1.82, 2.24) is 20.2 Å². The van der Waals surface area contributed by atoms with Gasteiger partial charge in [0, 0.05) is 25.3 Å². The molecule has 23 heavy (non-hydrogen) atoms. The van der Waals surface area contributed by atoms with Gasteiger partial charge in [0.05, 0.1) is 37.3 Å². The average molecular weight is 320 g/mol. The van der Waals surface area contributed by atoms with Crippen molar-refractivity contribution in [3.05, 3.63) is 23.8 Å². The van der Waals surface area contributed by atoms with E-state index in [1.807, 2.05) is 6.92 Å². The molecular weight excluding hydrogens is 296 g/mol. The molecule has 2 heterocycles. The Kier molecular flexibility index (Phi) is 5.20. The van der Waals surface area contributed by atoms with Crippen LogP contribution in [0.4, 0.5) is 0 Å². The van der Waals surface area contributed by atoms with Crippen molar-refractivity contribution in [3.63, 3.8) is 0 Å². The van der Waals surface area contributed by atoms with Gasteiger partial charge in [-0.05, 0) is 26.2 Å². The molecule has 2 fully saturated rings. The summed E-state index contributed by atoms with van der Waals surface area (Å²) in [5.41, 5.74) is 1.06.